The number of halogens is 1. The van der Waals surface area contributed by atoms with E-state index in [1.54, 1.807) is 24.4 Å². The molecule has 1 saturated carbocycles. The van der Waals surface area contributed by atoms with E-state index in [2.05, 4.69) is 21.2 Å². The molecular weight excluding hydrogens is 400 g/mol. The molecule has 4 rings (SSSR count). The van der Waals surface area contributed by atoms with Crippen LogP contribution in [0.4, 0.5) is 5.69 Å². The first-order valence-corrected chi connectivity index (χ1v) is 9.50. The van der Waals surface area contributed by atoms with Gasteiger partial charge in [0.2, 0.25) is 5.91 Å². The van der Waals surface area contributed by atoms with E-state index < -0.39 is 5.79 Å². The largest absolute Gasteiger partial charge is 0.448 e. The Morgan fingerprint density at radius 3 is 2.69 bits per heavy atom. The van der Waals surface area contributed by atoms with Crippen LogP contribution >= 0.6 is 15.9 Å². The first-order chi connectivity index (χ1) is 12.5. The molecule has 6 nitrogen and oxygen atoms in total. The number of hydrogen-bond donors (Lipinski definition) is 1. The number of hydrogen-bond acceptors (Lipinski definition) is 4. The highest BCUT2D eigenvalue weighted by Crippen LogP contribution is 2.46. The Hall–Kier alpha value is -2.28. The monoisotopic (exact) mass is 418 g/mol. The van der Waals surface area contributed by atoms with Crippen molar-refractivity contribution < 1.29 is 14.3 Å². The first-order valence-electron chi connectivity index (χ1n) is 8.71. The molecule has 0 unspecified atom stereocenters. The lowest BCUT2D eigenvalue weighted by Gasteiger charge is -2.31. The van der Waals surface area contributed by atoms with Crippen LogP contribution in [0.1, 0.15) is 32.1 Å². The summed E-state index contributed by atoms with van der Waals surface area (Å²) in [6, 6.07) is 8.45. The van der Waals surface area contributed by atoms with E-state index in [0.29, 0.717) is 17.2 Å². The van der Waals surface area contributed by atoms with Gasteiger partial charge in [0.25, 0.3) is 11.3 Å². The highest BCUT2D eigenvalue weighted by atomic mass is 79.9. The number of fused-ring (bicyclic) bond motifs is 1. The Bertz CT molecular complexity index is 903. The molecule has 1 aliphatic carbocycles. The molecule has 0 radical (unpaired) electrons. The normalized spacial score (nSPS) is 17.3. The summed E-state index contributed by atoms with van der Waals surface area (Å²) >= 11 is 3.30. The summed E-state index contributed by atoms with van der Waals surface area (Å²) in [4.78, 5) is 24.1. The fraction of sp³-hybridized carbons (Fsp3) is 0.368. The second-order valence-electron chi connectivity index (χ2n) is 6.70. The lowest BCUT2D eigenvalue weighted by molar-refractivity contribution is -0.116. The number of carbonyl (C=O) groups is 1. The highest BCUT2D eigenvalue weighted by Gasteiger charge is 2.42. The number of nitrogens with one attached hydrogen (secondary N) is 1. The van der Waals surface area contributed by atoms with Gasteiger partial charge in [-0.1, -0.05) is 6.42 Å². The zero-order chi connectivity index (χ0) is 18.1. The highest BCUT2D eigenvalue weighted by molar-refractivity contribution is 9.10. The van der Waals surface area contributed by atoms with E-state index in [1.807, 2.05) is 6.07 Å². The summed E-state index contributed by atoms with van der Waals surface area (Å²) in [5.74, 6) is 0.557. The smallest absolute Gasteiger partial charge is 0.251 e. The van der Waals surface area contributed by atoms with Crippen LogP contribution in [0.5, 0.6) is 11.5 Å². The molecular formula is C19H19BrN2O4. The zero-order valence-electron chi connectivity index (χ0n) is 14.2. The zero-order valence-corrected chi connectivity index (χ0v) is 15.8. The molecule has 136 valence electrons. The van der Waals surface area contributed by atoms with Crippen molar-refractivity contribution in [3.05, 3.63) is 51.4 Å². The van der Waals surface area contributed by atoms with Crippen LogP contribution in [-0.4, -0.2) is 16.3 Å². The number of nitrogens with zero attached hydrogens (tertiary/aromatic N) is 1. The van der Waals surface area contributed by atoms with E-state index >= 15 is 0 Å². The van der Waals surface area contributed by atoms with Crippen LogP contribution in [0.25, 0.3) is 0 Å². The summed E-state index contributed by atoms with van der Waals surface area (Å²) in [5, 5.41) is 2.81. The topological polar surface area (TPSA) is 69.6 Å². The second-order valence-corrected chi connectivity index (χ2v) is 7.61. The van der Waals surface area contributed by atoms with Gasteiger partial charge in [-0.15, -0.1) is 0 Å². The Kier molecular flexibility index (Phi) is 4.48. The van der Waals surface area contributed by atoms with Crippen molar-refractivity contribution >= 4 is 27.5 Å². The van der Waals surface area contributed by atoms with E-state index in [0.717, 1.165) is 30.2 Å². The maximum Gasteiger partial charge on any atom is 0.251 e. The Labute approximate surface area is 159 Å². The lowest BCUT2D eigenvalue weighted by atomic mass is 9.94. The van der Waals surface area contributed by atoms with Crippen molar-refractivity contribution in [2.24, 2.45) is 0 Å². The molecule has 26 heavy (non-hydrogen) atoms. The van der Waals surface area contributed by atoms with Gasteiger partial charge < -0.3 is 19.4 Å². The number of amides is 1. The molecule has 0 saturated heterocycles. The summed E-state index contributed by atoms with van der Waals surface area (Å²) in [6.45, 7) is -0.0589. The molecule has 7 heteroatoms. The predicted molar refractivity (Wildman–Crippen MR) is 101 cm³/mol. The van der Waals surface area contributed by atoms with Gasteiger partial charge in [0.1, 0.15) is 6.54 Å². The molecule has 1 spiro atoms. The van der Waals surface area contributed by atoms with Gasteiger partial charge in [-0.25, -0.2) is 0 Å². The molecule has 1 amide bonds. The van der Waals surface area contributed by atoms with Crippen LogP contribution in [0.3, 0.4) is 0 Å². The molecule has 1 fully saturated rings. The van der Waals surface area contributed by atoms with Gasteiger partial charge in [-0.05, 0) is 47.0 Å². The standard InChI is InChI=1S/C19H19BrN2O4/c20-13-4-7-18(24)22(11-13)12-17(23)21-14-5-6-15-16(10-14)26-19(25-15)8-2-1-3-9-19/h4-7,10-11H,1-3,8-9,12H2,(H,21,23). The number of carbonyl (C=O) groups excluding carboxylic acids is 1. The number of aromatic nitrogens is 1. The number of ether oxygens (including phenoxy) is 2. The van der Waals surface area contributed by atoms with Gasteiger partial charge in [0.15, 0.2) is 11.5 Å². The van der Waals surface area contributed by atoms with Crippen LogP contribution in [-0.2, 0) is 11.3 Å². The number of pyridine rings is 1. The van der Waals surface area contributed by atoms with E-state index in [1.165, 1.54) is 17.1 Å². The summed E-state index contributed by atoms with van der Waals surface area (Å²) in [5.41, 5.74) is 0.390. The van der Waals surface area contributed by atoms with Crippen molar-refractivity contribution in [1.82, 2.24) is 4.57 Å². The number of rotatable bonds is 3. The lowest BCUT2D eigenvalue weighted by Crippen LogP contribution is -2.40. The summed E-state index contributed by atoms with van der Waals surface area (Å²) < 4.78 is 14.2. The molecule has 2 aromatic rings. The van der Waals surface area contributed by atoms with Crippen LogP contribution in [0.2, 0.25) is 0 Å². The van der Waals surface area contributed by atoms with Crippen molar-refractivity contribution in [3.8, 4) is 11.5 Å². The minimum absolute atomic E-state index is 0.0589. The first kappa shape index (κ1) is 17.1. The van der Waals surface area contributed by atoms with Gasteiger partial charge in [0.05, 0.1) is 0 Å². The molecule has 2 heterocycles. The second kappa shape index (κ2) is 6.79. The van der Waals surface area contributed by atoms with E-state index in [4.69, 9.17) is 9.47 Å². The quantitative estimate of drug-likeness (QED) is 0.824. The fourth-order valence-corrected chi connectivity index (χ4v) is 3.83. The number of anilines is 1. The van der Waals surface area contributed by atoms with Gasteiger partial charge in [0, 0.05) is 41.3 Å². The Balaban J connectivity index is 1.45. The molecule has 0 atom stereocenters. The Morgan fingerprint density at radius 2 is 1.88 bits per heavy atom. The summed E-state index contributed by atoms with van der Waals surface area (Å²) in [7, 11) is 0. The van der Waals surface area contributed by atoms with E-state index in [9.17, 15) is 9.59 Å². The summed E-state index contributed by atoms with van der Waals surface area (Å²) in [6.07, 6.45) is 6.76. The number of benzene rings is 1. The SMILES string of the molecule is O=C(Cn1cc(Br)ccc1=O)Nc1ccc2c(c1)OC1(CCCCC1)O2. The Morgan fingerprint density at radius 1 is 1.12 bits per heavy atom. The maximum atomic E-state index is 12.3. The van der Waals surface area contributed by atoms with Gasteiger partial charge in [-0.2, -0.15) is 0 Å². The van der Waals surface area contributed by atoms with Crippen LogP contribution in [0.15, 0.2) is 45.8 Å². The van der Waals surface area contributed by atoms with Crippen LogP contribution in [0, 0.1) is 0 Å². The van der Waals surface area contributed by atoms with Gasteiger partial charge in [-0.3, -0.25) is 9.59 Å². The third kappa shape index (κ3) is 3.49. The van der Waals surface area contributed by atoms with Crippen molar-refractivity contribution in [1.29, 1.82) is 0 Å². The molecule has 2 aliphatic rings. The minimum Gasteiger partial charge on any atom is -0.448 e. The van der Waals surface area contributed by atoms with E-state index in [-0.39, 0.29) is 18.0 Å². The fourth-order valence-electron chi connectivity index (χ4n) is 3.45. The maximum absolute atomic E-state index is 12.3. The van der Waals surface area contributed by atoms with Crippen molar-refractivity contribution in [2.75, 3.05) is 5.32 Å². The average Bonchev–Trinajstić information content (AvgIpc) is 2.95. The molecule has 1 aromatic carbocycles. The van der Waals surface area contributed by atoms with Crippen molar-refractivity contribution in [3.63, 3.8) is 0 Å². The molecule has 1 aromatic heterocycles. The average molecular weight is 419 g/mol. The van der Waals surface area contributed by atoms with Crippen LogP contribution < -0.4 is 20.3 Å². The molecule has 1 aliphatic heterocycles. The predicted octanol–water partition coefficient (Wildman–Crippen LogP) is 3.68. The van der Waals surface area contributed by atoms with Gasteiger partial charge >= 0.3 is 0 Å². The molecule has 0 bridgehead atoms. The third-order valence-corrected chi connectivity index (χ3v) is 5.17. The molecule has 1 N–H and O–H groups in total. The third-order valence-electron chi connectivity index (χ3n) is 4.70. The minimum atomic E-state index is -0.535. The van der Waals surface area contributed by atoms with Crippen molar-refractivity contribution in [2.45, 2.75) is 44.4 Å².